The maximum atomic E-state index is 5.81. The smallest absolute Gasteiger partial charge is 0.133 e. The van der Waals surface area contributed by atoms with Gasteiger partial charge in [-0.2, -0.15) is 0 Å². The molecule has 114 valence electrons. The predicted molar refractivity (Wildman–Crippen MR) is 92.0 cm³/mol. The van der Waals surface area contributed by atoms with Gasteiger partial charge in [0.15, 0.2) is 0 Å². The molecule has 0 saturated carbocycles. The molecule has 6 heteroatoms. The van der Waals surface area contributed by atoms with E-state index in [0.29, 0.717) is 6.73 Å². The Morgan fingerprint density at radius 1 is 1.29 bits per heavy atom. The SMILES string of the molecule is Cc1cccc(-c2c(Br)ncn2COCC[Si](C)(C)C)n1. The molecule has 0 saturated heterocycles. The molecule has 21 heavy (non-hydrogen) atoms. The first-order valence-corrected chi connectivity index (χ1v) is 11.6. The number of imidazole rings is 1. The van der Waals surface area contributed by atoms with Crippen molar-refractivity contribution < 1.29 is 4.74 Å². The third-order valence-corrected chi connectivity index (χ3v) is 5.44. The summed E-state index contributed by atoms with van der Waals surface area (Å²) in [5.41, 5.74) is 2.87. The normalized spacial score (nSPS) is 11.9. The van der Waals surface area contributed by atoms with Gasteiger partial charge in [-0.3, -0.25) is 4.98 Å². The van der Waals surface area contributed by atoms with Crippen LogP contribution in [0.1, 0.15) is 5.69 Å². The van der Waals surface area contributed by atoms with Crippen LogP contribution in [0.15, 0.2) is 29.1 Å². The van der Waals surface area contributed by atoms with Crippen LogP contribution in [0.5, 0.6) is 0 Å². The van der Waals surface area contributed by atoms with Crippen LogP contribution in [-0.4, -0.2) is 29.2 Å². The zero-order valence-corrected chi connectivity index (χ0v) is 15.6. The minimum atomic E-state index is -1.05. The van der Waals surface area contributed by atoms with Crippen molar-refractivity contribution in [1.29, 1.82) is 0 Å². The molecule has 0 N–H and O–H groups in total. The minimum absolute atomic E-state index is 0.508. The number of rotatable bonds is 6. The fraction of sp³-hybridized carbons (Fsp3) is 0.467. The van der Waals surface area contributed by atoms with E-state index in [1.54, 1.807) is 6.33 Å². The van der Waals surface area contributed by atoms with Gasteiger partial charge in [-0.25, -0.2) is 4.98 Å². The van der Waals surface area contributed by atoms with Gasteiger partial charge in [0, 0.05) is 20.4 Å². The van der Waals surface area contributed by atoms with Crippen molar-refractivity contribution in [2.75, 3.05) is 6.61 Å². The number of ether oxygens (including phenoxy) is 1. The first-order valence-electron chi connectivity index (χ1n) is 7.09. The lowest BCUT2D eigenvalue weighted by Gasteiger charge is -2.16. The van der Waals surface area contributed by atoms with E-state index in [2.05, 4.69) is 45.5 Å². The predicted octanol–water partition coefficient (Wildman–Crippen LogP) is 4.33. The number of hydrogen-bond acceptors (Lipinski definition) is 3. The molecule has 2 heterocycles. The van der Waals surface area contributed by atoms with Crippen LogP contribution in [0.2, 0.25) is 25.7 Å². The molecule has 0 atom stereocenters. The third-order valence-electron chi connectivity index (χ3n) is 3.15. The zero-order valence-electron chi connectivity index (χ0n) is 13.1. The van der Waals surface area contributed by atoms with Crippen molar-refractivity contribution in [3.63, 3.8) is 0 Å². The second kappa shape index (κ2) is 6.85. The monoisotopic (exact) mass is 367 g/mol. The number of hydrogen-bond donors (Lipinski definition) is 0. The minimum Gasteiger partial charge on any atom is -0.361 e. The number of pyridine rings is 1. The van der Waals surface area contributed by atoms with Crippen LogP contribution in [0, 0.1) is 6.92 Å². The first kappa shape index (κ1) is 16.4. The van der Waals surface area contributed by atoms with E-state index >= 15 is 0 Å². The highest BCUT2D eigenvalue weighted by atomic mass is 79.9. The molecule has 0 bridgehead atoms. The average molecular weight is 368 g/mol. The first-order chi connectivity index (χ1) is 9.87. The highest BCUT2D eigenvalue weighted by Gasteiger charge is 2.14. The molecule has 2 rings (SSSR count). The quantitative estimate of drug-likeness (QED) is 0.563. The third kappa shape index (κ3) is 4.76. The molecule has 2 aromatic heterocycles. The van der Waals surface area contributed by atoms with Gasteiger partial charge in [-0.1, -0.05) is 25.7 Å². The summed E-state index contributed by atoms with van der Waals surface area (Å²) in [6, 6.07) is 7.16. The number of aromatic nitrogens is 3. The lowest BCUT2D eigenvalue weighted by Crippen LogP contribution is -2.22. The van der Waals surface area contributed by atoms with E-state index < -0.39 is 8.07 Å². The van der Waals surface area contributed by atoms with Gasteiger partial charge in [0.1, 0.15) is 17.0 Å². The van der Waals surface area contributed by atoms with Crippen LogP contribution in [0.25, 0.3) is 11.4 Å². The maximum absolute atomic E-state index is 5.81. The molecule has 0 aliphatic carbocycles. The molecule has 0 aromatic carbocycles. The van der Waals surface area contributed by atoms with Gasteiger partial charge < -0.3 is 9.30 Å². The molecule has 0 amide bonds. The molecule has 0 unspecified atom stereocenters. The van der Waals surface area contributed by atoms with Crippen LogP contribution in [0.4, 0.5) is 0 Å². The van der Waals surface area contributed by atoms with Crippen molar-refractivity contribution in [1.82, 2.24) is 14.5 Å². The standard InChI is InChI=1S/C15H22BrN3OSi/c1-12-6-5-7-13(18-12)14-15(16)17-10-19(14)11-20-8-9-21(2,3)4/h5-7,10H,8-9,11H2,1-4H3. The summed E-state index contributed by atoms with van der Waals surface area (Å²) in [6.45, 7) is 10.4. The van der Waals surface area contributed by atoms with Crippen molar-refractivity contribution in [2.45, 2.75) is 39.3 Å². The lowest BCUT2D eigenvalue weighted by molar-refractivity contribution is 0.0881. The molecule has 0 aliphatic heterocycles. The van der Waals surface area contributed by atoms with E-state index in [9.17, 15) is 0 Å². The molecule has 2 aromatic rings. The molecule has 0 fully saturated rings. The Kier molecular flexibility index (Phi) is 5.35. The van der Waals surface area contributed by atoms with Crippen LogP contribution >= 0.6 is 15.9 Å². The van der Waals surface area contributed by atoms with E-state index in [1.165, 1.54) is 6.04 Å². The molecular formula is C15H22BrN3OSi. The number of nitrogens with zero attached hydrogens (tertiary/aromatic N) is 3. The Bertz CT molecular complexity index is 607. The molecular weight excluding hydrogens is 346 g/mol. The fourth-order valence-electron chi connectivity index (χ4n) is 1.92. The van der Waals surface area contributed by atoms with Crippen molar-refractivity contribution >= 4 is 24.0 Å². The summed E-state index contributed by atoms with van der Waals surface area (Å²) < 4.78 is 8.61. The highest BCUT2D eigenvalue weighted by Crippen LogP contribution is 2.26. The van der Waals surface area contributed by atoms with Crippen LogP contribution < -0.4 is 0 Å². The van der Waals surface area contributed by atoms with E-state index in [4.69, 9.17) is 4.74 Å². The fourth-order valence-corrected chi connectivity index (χ4v) is 3.20. The number of halogens is 1. The van der Waals surface area contributed by atoms with Gasteiger partial charge in [0.05, 0.1) is 12.0 Å². The van der Waals surface area contributed by atoms with Crippen molar-refractivity contribution in [3.8, 4) is 11.4 Å². The topological polar surface area (TPSA) is 39.9 Å². The second-order valence-corrected chi connectivity index (χ2v) is 12.7. The Balaban J connectivity index is 2.08. The van der Waals surface area contributed by atoms with E-state index in [1.807, 2.05) is 29.7 Å². The van der Waals surface area contributed by atoms with Gasteiger partial charge in [-0.05, 0) is 41.0 Å². The molecule has 4 nitrogen and oxygen atoms in total. The summed E-state index contributed by atoms with van der Waals surface area (Å²) in [7, 11) is -1.05. The van der Waals surface area contributed by atoms with Gasteiger partial charge in [0.2, 0.25) is 0 Å². The van der Waals surface area contributed by atoms with Gasteiger partial charge in [0.25, 0.3) is 0 Å². The average Bonchev–Trinajstić information content (AvgIpc) is 2.75. The van der Waals surface area contributed by atoms with Crippen molar-refractivity contribution in [3.05, 3.63) is 34.8 Å². The van der Waals surface area contributed by atoms with Gasteiger partial charge >= 0.3 is 0 Å². The Morgan fingerprint density at radius 2 is 2.05 bits per heavy atom. The van der Waals surface area contributed by atoms with Crippen molar-refractivity contribution in [2.24, 2.45) is 0 Å². The Morgan fingerprint density at radius 3 is 2.71 bits per heavy atom. The lowest BCUT2D eigenvalue weighted by atomic mass is 10.2. The van der Waals surface area contributed by atoms with E-state index in [-0.39, 0.29) is 0 Å². The summed E-state index contributed by atoms with van der Waals surface area (Å²) in [4.78, 5) is 8.88. The zero-order chi connectivity index (χ0) is 15.5. The van der Waals surface area contributed by atoms with E-state index in [0.717, 1.165) is 28.3 Å². The van der Waals surface area contributed by atoms with Crippen LogP contribution in [-0.2, 0) is 11.5 Å². The maximum Gasteiger partial charge on any atom is 0.133 e. The van der Waals surface area contributed by atoms with Crippen LogP contribution in [0.3, 0.4) is 0 Å². The molecule has 0 aliphatic rings. The molecule has 0 radical (unpaired) electrons. The Labute approximate surface area is 135 Å². The Hall–Kier alpha value is -0.983. The number of aryl methyl sites for hydroxylation is 1. The highest BCUT2D eigenvalue weighted by molar-refractivity contribution is 9.10. The largest absolute Gasteiger partial charge is 0.361 e. The summed E-state index contributed by atoms with van der Waals surface area (Å²) >= 11 is 3.50. The summed E-state index contributed by atoms with van der Waals surface area (Å²) in [5.74, 6) is 0. The summed E-state index contributed by atoms with van der Waals surface area (Å²) in [5, 5.41) is 0. The summed E-state index contributed by atoms with van der Waals surface area (Å²) in [6.07, 6.45) is 1.79. The molecule has 0 spiro atoms. The second-order valence-electron chi connectivity index (χ2n) is 6.37. The van der Waals surface area contributed by atoms with Gasteiger partial charge in [-0.15, -0.1) is 0 Å².